The zero-order valence-corrected chi connectivity index (χ0v) is 28.4. The third-order valence-corrected chi connectivity index (χ3v) is 9.50. The van der Waals surface area contributed by atoms with Gasteiger partial charge in [-0.25, -0.2) is 15.0 Å². The van der Waals surface area contributed by atoms with E-state index in [9.17, 15) is 4.79 Å². The molecule has 4 heterocycles. The van der Waals surface area contributed by atoms with Gasteiger partial charge < -0.3 is 30.3 Å². The normalized spacial score (nSPS) is 18.5. The first-order valence-corrected chi connectivity index (χ1v) is 17.3. The molecule has 0 radical (unpaired) electrons. The molecule has 3 aliphatic heterocycles. The monoisotopic (exact) mass is 676 g/mol. The highest BCUT2D eigenvalue weighted by molar-refractivity contribution is 6.02. The lowest BCUT2D eigenvalue weighted by Crippen LogP contribution is -2.52. The van der Waals surface area contributed by atoms with Crippen LogP contribution in [0.2, 0.25) is 0 Å². The van der Waals surface area contributed by atoms with Crippen molar-refractivity contribution in [3.05, 3.63) is 97.3 Å². The second kappa shape index (κ2) is 15.6. The molecule has 4 aromatic rings. The Labute approximate surface area is 293 Å². The minimum atomic E-state index is -0.280. The van der Waals surface area contributed by atoms with Crippen LogP contribution in [0.5, 0.6) is 17.2 Å². The highest BCUT2D eigenvalue weighted by Gasteiger charge is 2.30. The summed E-state index contributed by atoms with van der Waals surface area (Å²) in [4.78, 5) is 32.7. The number of para-hydroxylation sites is 1. The number of hydrogen-bond acceptors (Lipinski definition) is 11. The smallest absolute Gasteiger partial charge is 0.247 e. The van der Waals surface area contributed by atoms with Gasteiger partial charge in [-0.15, -0.1) is 0 Å². The van der Waals surface area contributed by atoms with Crippen molar-refractivity contribution in [3.8, 4) is 17.2 Å². The van der Waals surface area contributed by atoms with Crippen LogP contribution in [-0.2, 0) is 9.63 Å². The predicted octanol–water partition coefficient (Wildman–Crippen LogP) is 5.90. The van der Waals surface area contributed by atoms with E-state index < -0.39 is 0 Å². The Morgan fingerprint density at radius 1 is 0.940 bits per heavy atom. The van der Waals surface area contributed by atoms with E-state index in [0.717, 1.165) is 81.3 Å². The van der Waals surface area contributed by atoms with Gasteiger partial charge in [-0.1, -0.05) is 36.9 Å². The first-order valence-electron chi connectivity index (χ1n) is 17.3. The fraction of sp³-hybridized carbons (Fsp3) is 0.342. The van der Waals surface area contributed by atoms with E-state index in [4.69, 9.17) is 14.3 Å². The summed E-state index contributed by atoms with van der Waals surface area (Å²) in [6.45, 7) is 10.2. The van der Waals surface area contributed by atoms with Gasteiger partial charge in [0, 0.05) is 63.9 Å². The summed E-state index contributed by atoms with van der Waals surface area (Å²) >= 11 is 0. The highest BCUT2D eigenvalue weighted by Crippen LogP contribution is 2.41. The Morgan fingerprint density at radius 3 is 2.52 bits per heavy atom. The summed E-state index contributed by atoms with van der Waals surface area (Å²) in [6, 6.07) is 24.0. The van der Waals surface area contributed by atoms with Crippen LogP contribution in [0.25, 0.3) is 0 Å². The number of nitrogens with one attached hydrogen (secondary N) is 3. The molecule has 1 aromatic heterocycles. The minimum Gasteiger partial charge on any atom is -0.494 e. The summed E-state index contributed by atoms with van der Waals surface area (Å²) in [5.74, 6) is 3.05. The molecule has 12 heteroatoms. The number of benzene rings is 3. The first-order chi connectivity index (χ1) is 24.6. The van der Waals surface area contributed by atoms with Crippen molar-refractivity contribution in [3.63, 3.8) is 0 Å². The Kier molecular flexibility index (Phi) is 10.4. The number of hydroxylamine groups is 1. The lowest BCUT2D eigenvalue weighted by atomic mass is 10.0. The zero-order chi connectivity index (χ0) is 34.3. The van der Waals surface area contributed by atoms with Crippen molar-refractivity contribution >= 4 is 34.6 Å². The molecule has 3 N–H and O–H groups in total. The number of piperidine rings is 1. The van der Waals surface area contributed by atoms with Crippen LogP contribution >= 0.6 is 0 Å². The van der Waals surface area contributed by atoms with Crippen LogP contribution in [0.4, 0.5) is 28.7 Å². The van der Waals surface area contributed by atoms with Crippen LogP contribution in [0.15, 0.2) is 91.8 Å². The van der Waals surface area contributed by atoms with Crippen LogP contribution in [0.3, 0.4) is 0 Å². The zero-order valence-electron chi connectivity index (χ0n) is 28.4. The van der Waals surface area contributed by atoms with E-state index >= 15 is 0 Å². The lowest BCUT2D eigenvalue weighted by Gasteiger charge is -2.41. The number of nitrogens with zero attached hydrogens (tertiary/aromatic N) is 5. The Bertz CT molecular complexity index is 1780. The second-order valence-electron chi connectivity index (χ2n) is 12.6. The average Bonchev–Trinajstić information content (AvgIpc) is 3.67. The SMILES string of the molecule is C=CC(=O)Nc1cc(Nc2cc(N3OCC[C@@H]3c3cccc(Oc4ccccc4)c3)ncn2)c(OC)cc1N1CCC(N2CCNCC2)CC1. The number of hydrogen-bond donors (Lipinski definition) is 3. The van der Waals surface area contributed by atoms with E-state index in [-0.39, 0.29) is 11.9 Å². The standard InChI is InChI=1S/C38H44N8O4/c1-3-38(47)43-31-23-32(35(48-2)24-34(31)45-17-12-28(13-18-45)44-19-15-39-16-20-44)42-36-25-37(41-26-40-36)46-33(14-21-49-46)27-8-7-11-30(22-27)50-29-9-5-4-6-10-29/h3-11,22-26,28,33,39H,1,12-21H2,2H3,(H,43,47)(H,40,41,42)/t33-/m1/s1. The van der Waals surface area contributed by atoms with Gasteiger partial charge in [0.2, 0.25) is 5.91 Å². The van der Waals surface area contributed by atoms with Gasteiger partial charge in [-0.05, 0) is 54.8 Å². The summed E-state index contributed by atoms with van der Waals surface area (Å²) in [6.07, 6.45) is 5.70. The maximum Gasteiger partial charge on any atom is 0.247 e. The predicted molar refractivity (Wildman–Crippen MR) is 196 cm³/mol. The lowest BCUT2D eigenvalue weighted by molar-refractivity contribution is -0.111. The number of carbonyl (C=O) groups is 1. The molecule has 12 nitrogen and oxygen atoms in total. The van der Waals surface area contributed by atoms with Gasteiger partial charge in [-0.3, -0.25) is 14.5 Å². The minimum absolute atomic E-state index is 0.0673. The number of piperazine rings is 1. The van der Waals surface area contributed by atoms with E-state index in [1.165, 1.54) is 12.4 Å². The number of methoxy groups -OCH3 is 1. The van der Waals surface area contributed by atoms with E-state index in [0.29, 0.717) is 41.4 Å². The van der Waals surface area contributed by atoms with Crippen LogP contribution in [0, 0.1) is 0 Å². The molecule has 7 rings (SSSR count). The molecule has 1 amide bonds. The van der Waals surface area contributed by atoms with E-state index in [2.05, 4.69) is 48.4 Å². The van der Waals surface area contributed by atoms with Crippen molar-refractivity contribution in [2.24, 2.45) is 0 Å². The quantitative estimate of drug-likeness (QED) is 0.165. The molecule has 3 aromatic carbocycles. The Hall–Kier alpha value is -5.17. The second-order valence-corrected chi connectivity index (χ2v) is 12.6. The molecule has 3 aliphatic rings. The average molecular weight is 677 g/mol. The number of carbonyl (C=O) groups excluding carboxylic acids is 1. The molecule has 1 atom stereocenters. The molecule has 0 spiro atoms. The topological polar surface area (TPSA) is 116 Å². The van der Waals surface area contributed by atoms with Crippen molar-refractivity contribution in [2.45, 2.75) is 31.3 Å². The third-order valence-electron chi connectivity index (χ3n) is 9.50. The van der Waals surface area contributed by atoms with Crippen molar-refractivity contribution in [1.82, 2.24) is 20.2 Å². The number of aromatic nitrogens is 2. The molecule has 3 fully saturated rings. The third kappa shape index (κ3) is 7.67. The van der Waals surface area contributed by atoms with Crippen molar-refractivity contribution in [1.29, 1.82) is 0 Å². The van der Waals surface area contributed by atoms with Gasteiger partial charge in [0.05, 0.1) is 36.8 Å². The molecule has 0 aliphatic carbocycles. The Morgan fingerprint density at radius 2 is 1.74 bits per heavy atom. The maximum absolute atomic E-state index is 12.6. The fourth-order valence-corrected chi connectivity index (χ4v) is 6.98. The summed E-state index contributed by atoms with van der Waals surface area (Å²) < 4.78 is 12.0. The first kappa shape index (κ1) is 33.3. The molecular formula is C38H44N8O4. The van der Waals surface area contributed by atoms with Gasteiger partial charge in [0.15, 0.2) is 5.82 Å². The molecule has 3 saturated heterocycles. The summed E-state index contributed by atoms with van der Waals surface area (Å²) in [5, 5.41) is 11.7. The largest absolute Gasteiger partial charge is 0.494 e. The number of amides is 1. The fourth-order valence-electron chi connectivity index (χ4n) is 6.98. The number of rotatable bonds is 11. The number of anilines is 5. The van der Waals surface area contributed by atoms with Crippen LogP contribution in [-0.4, -0.2) is 79.8 Å². The number of ether oxygens (including phenoxy) is 2. The molecule has 260 valence electrons. The summed E-state index contributed by atoms with van der Waals surface area (Å²) in [5.41, 5.74) is 3.30. The van der Waals surface area contributed by atoms with Crippen molar-refractivity contribution in [2.75, 3.05) is 73.6 Å². The Balaban J connectivity index is 1.10. The van der Waals surface area contributed by atoms with Crippen molar-refractivity contribution < 1.29 is 19.1 Å². The van der Waals surface area contributed by atoms with Gasteiger partial charge in [0.1, 0.15) is 29.4 Å². The molecular weight excluding hydrogens is 632 g/mol. The van der Waals surface area contributed by atoms with Crippen LogP contribution in [0.1, 0.15) is 30.9 Å². The maximum atomic E-state index is 12.6. The van der Waals surface area contributed by atoms with Gasteiger partial charge in [0.25, 0.3) is 0 Å². The highest BCUT2D eigenvalue weighted by atomic mass is 16.7. The van der Waals surface area contributed by atoms with Crippen LogP contribution < -0.4 is 35.4 Å². The molecule has 50 heavy (non-hydrogen) atoms. The summed E-state index contributed by atoms with van der Waals surface area (Å²) in [7, 11) is 1.65. The molecule has 0 saturated carbocycles. The van der Waals surface area contributed by atoms with Gasteiger partial charge in [-0.2, -0.15) is 0 Å². The van der Waals surface area contributed by atoms with E-state index in [1.54, 1.807) is 7.11 Å². The van der Waals surface area contributed by atoms with E-state index in [1.807, 2.05) is 71.8 Å². The molecule has 0 bridgehead atoms. The van der Waals surface area contributed by atoms with Gasteiger partial charge >= 0.3 is 0 Å². The molecule has 0 unspecified atom stereocenters.